The van der Waals surface area contributed by atoms with Gasteiger partial charge >= 0.3 is 0 Å². The molecule has 0 fully saturated rings. The Morgan fingerprint density at radius 1 is 1.21 bits per heavy atom. The van der Waals surface area contributed by atoms with Gasteiger partial charge in [-0.25, -0.2) is 0 Å². The van der Waals surface area contributed by atoms with Crippen LogP contribution < -0.4 is 10.5 Å². The van der Waals surface area contributed by atoms with Crippen LogP contribution >= 0.6 is 0 Å². The fourth-order valence-electron chi connectivity index (χ4n) is 2.36. The Bertz CT molecular complexity index is 729. The van der Waals surface area contributed by atoms with Gasteiger partial charge < -0.3 is 15.0 Å². The highest BCUT2D eigenvalue weighted by atomic mass is 16.5. The number of hydrogen-bond acceptors (Lipinski definition) is 3. The largest absolute Gasteiger partial charge is 0.495 e. The third-order valence-electron chi connectivity index (χ3n) is 3.25. The molecule has 2 N–H and O–H groups in total. The Labute approximate surface area is 111 Å². The van der Waals surface area contributed by atoms with Gasteiger partial charge in [0.25, 0.3) is 0 Å². The number of para-hydroxylation sites is 1. The smallest absolute Gasteiger partial charge is 0.143 e. The van der Waals surface area contributed by atoms with Crippen LogP contribution in [0.4, 0.5) is 5.69 Å². The molecule has 0 saturated heterocycles. The molecule has 2 aromatic heterocycles. The Hall–Kier alpha value is -2.49. The molecule has 4 nitrogen and oxygen atoms in total. The molecule has 0 bridgehead atoms. The number of pyridine rings is 1. The molecular formula is C15H15N3O. The number of ether oxygens (including phenoxy) is 1. The van der Waals surface area contributed by atoms with Crippen molar-refractivity contribution >= 4 is 16.6 Å². The molecule has 1 aromatic carbocycles. The summed E-state index contributed by atoms with van der Waals surface area (Å²) < 4.78 is 7.47. The molecule has 0 aliphatic heterocycles. The number of methoxy groups -OCH3 is 1. The number of nitrogens with two attached hydrogens (primary N) is 1. The van der Waals surface area contributed by atoms with Crippen LogP contribution in [0, 0.1) is 0 Å². The SMILES string of the molecule is COc1cccc2c(-c3ccc(N)cn3)cn(C)c12. The second-order valence-electron chi connectivity index (χ2n) is 4.49. The standard InChI is InChI=1S/C15H15N3O/c1-18-9-12(13-7-6-10(16)8-17-13)11-4-3-5-14(19-2)15(11)18/h3-9H,16H2,1-2H3. The minimum Gasteiger partial charge on any atom is -0.495 e. The molecule has 0 spiro atoms. The van der Waals surface area contributed by atoms with Gasteiger partial charge in [-0.1, -0.05) is 12.1 Å². The first-order chi connectivity index (χ1) is 9.20. The number of hydrogen-bond donors (Lipinski definition) is 1. The number of anilines is 1. The summed E-state index contributed by atoms with van der Waals surface area (Å²) in [6.07, 6.45) is 3.74. The van der Waals surface area contributed by atoms with Crippen molar-refractivity contribution in [2.45, 2.75) is 0 Å². The molecule has 4 heteroatoms. The lowest BCUT2D eigenvalue weighted by Crippen LogP contribution is -1.89. The van der Waals surface area contributed by atoms with Crippen LogP contribution in [-0.4, -0.2) is 16.7 Å². The number of aromatic nitrogens is 2. The highest BCUT2D eigenvalue weighted by Gasteiger charge is 2.12. The van der Waals surface area contributed by atoms with Crippen molar-refractivity contribution in [3.63, 3.8) is 0 Å². The van der Waals surface area contributed by atoms with Crippen molar-refractivity contribution in [1.29, 1.82) is 0 Å². The predicted molar refractivity (Wildman–Crippen MR) is 77.1 cm³/mol. The monoisotopic (exact) mass is 253 g/mol. The quantitative estimate of drug-likeness (QED) is 0.764. The van der Waals surface area contributed by atoms with Gasteiger partial charge in [-0.3, -0.25) is 4.98 Å². The first kappa shape index (κ1) is 11.6. The maximum Gasteiger partial charge on any atom is 0.143 e. The zero-order valence-electron chi connectivity index (χ0n) is 10.9. The molecule has 96 valence electrons. The summed E-state index contributed by atoms with van der Waals surface area (Å²) in [5, 5.41) is 1.12. The van der Waals surface area contributed by atoms with E-state index in [0.29, 0.717) is 5.69 Å². The molecule has 19 heavy (non-hydrogen) atoms. The van der Waals surface area contributed by atoms with Crippen LogP contribution in [0.5, 0.6) is 5.75 Å². The van der Waals surface area contributed by atoms with Crippen LogP contribution in [0.3, 0.4) is 0 Å². The molecule has 0 aliphatic rings. The van der Waals surface area contributed by atoms with E-state index in [1.54, 1.807) is 13.3 Å². The van der Waals surface area contributed by atoms with E-state index in [0.717, 1.165) is 27.9 Å². The van der Waals surface area contributed by atoms with Crippen molar-refractivity contribution < 1.29 is 4.74 Å². The Balaban J connectivity index is 2.28. The van der Waals surface area contributed by atoms with Gasteiger partial charge in [0.1, 0.15) is 5.75 Å². The number of nitrogen functional groups attached to an aromatic ring is 1. The normalized spacial score (nSPS) is 10.8. The lowest BCUT2D eigenvalue weighted by molar-refractivity contribution is 0.418. The third kappa shape index (κ3) is 1.81. The molecule has 0 atom stereocenters. The fraction of sp³-hybridized carbons (Fsp3) is 0.133. The summed E-state index contributed by atoms with van der Waals surface area (Å²) in [5.41, 5.74) is 9.41. The zero-order chi connectivity index (χ0) is 13.4. The number of aryl methyl sites for hydroxylation is 1. The molecule has 0 radical (unpaired) electrons. The van der Waals surface area contributed by atoms with E-state index < -0.39 is 0 Å². The van der Waals surface area contributed by atoms with Crippen molar-refractivity contribution in [3.05, 3.63) is 42.7 Å². The predicted octanol–water partition coefficient (Wildman–Crippen LogP) is 2.83. The van der Waals surface area contributed by atoms with Crippen LogP contribution in [0.1, 0.15) is 0 Å². The topological polar surface area (TPSA) is 53.1 Å². The second-order valence-corrected chi connectivity index (χ2v) is 4.49. The van der Waals surface area contributed by atoms with Crippen LogP contribution in [0.15, 0.2) is 42.7 Å². The van der Waals surface area contributed by atoms with Gasteiger partial charge in [-0.05, 0) is 18.2 Å². The van der Waals surface area contributed by atoms with Gasteiger partial charge in [-0.15, -0.1) is 0 Å². The summed E-state index contributed by atoms with van der Waals surface area (Å²) in [7, 11) is 3.69. The summed E-state index contributed by atoms with van der Waals surface area (Å²) in [6, 6.07) is 9.82. The van der Waals surface area contributed by atoms with E-state index in [4.69, 9.17) is 10.5 Å². The highest BCUT2D eigenvalue weighted by molar-refractivity contribution is 5.98. The number of nitrogens with zero attached hydrogens (tertiary/aromatic N) is 2. The van der Waals surface area contributed by atoms with Crippen molar-refractivity contribution in [3.8, 4) is 17.0 Å². The van der Waals surface area contributed by atoms with Crippen molar-refractivity contribution in [1.82, 2.24) is 9.55 Å². The lowest BCUT2D eigenvalue weighted by Gasteiger charge is -2.04. The number of fused-ring (bicyclic) bond motifs is 1. The van der Waals surface area contributed by atoms with Crippen LogP contribution in [0.2, 0.25) is 0 Å². The number of benzene rings is 1. The minimum atomic E-state index is 0.668. The van der Waals surface area contributed by atoms with Gasteiger partial charge in [0.15, 0.2) is 0 Å². The van der Waals surface area contributed by atoms with E-state index in [-0.39, 0.29) is 0 Å². The molecule has 0 aliphatic carbocycles. The second kappa shape index (κ2) is 4.31. The molecule has 0 amide bonds. The summed E-state index contributed by atoms with van der Waals surface area (Å²) in [5.74, 6) is 0.863. The molecule has 3 rings (SSSR count). The lowest BCUT2D eigenvalue weighted by atomic mass is 10.1. The van der Waals surface area contributed by atoms with Crippen molar-refractivity contribution in [2.24, 2.45) is 7.05 Å². The van der Waals surface area contributed by atoms with Gasteiger partial charge in [0, 0.05) is 24.2 Å². The van der Waals surface area contributed by atoms with Gasteiger partial charge in [0.05, 0.1) is 30.2 Å². The molecule has 0 saturated carbocycles. The Morgan fingerprint density at radius 3 is 2.74 bits per heavy atom. The first-order valence-corrected chi connectivity index (χ1v) is 6.04. The summed E-state index contributed by atoms with van der Waals surface area (Å²) >= 11 is 0. The molecule has 0 unspecified atom stereocenters. The van der Waals surface area contributed by atoms with E-state index in [1.807, 2.05) is 31.3 Å². The van der Waals surface area contributed by atoms with Crippen LogP contribution in [0.25, 0.3) is 22.2 Å². The van der Waals surface area contributed by atoms with E-state index in [2.05, 4.69) is 21.8 Å². The fourth-order valence-corrected chi connectivity index (χ4v) is 2.36. The Kier molecular flexibility index (Phi) is 2.63. The van der Waals surface area contributed by atoms with Gasteiger partial charge in [-0.2, -0.15) is 0 Å². The van der Waals surface area contributed by atoms with Gasteiger partial charge in [0.2, 0.25) is 0 Å². The summed E-state index contributed by atoms with van der Waals surface area (Å²) in [4.78, 5) is 4.39. The first-order valence-electron chi connectivity index (χ1n) is 6.04. The average Bonchev–Trinajstić information content (AvgIpc) is 2.77. The van der Waals surface area contributed by atoms with E-state index in [1.165, 1.54) is 0 Å². The third-order valence-corrected chi connectivity index (χ3v) is 3.25. The van der Waals surface area contributed by atoms with Crippen molar-refractivity contribution in [2.75, 3.05) is 12.8 Å². The zero-order valence-corrected chi connectivity index (χ0v) is 10.9. The maximum absolute atomic E-state index is 5.68. The van der Waals surface area contributed by atoms with Crippen LogP contribution in [-0.2, 0) is 7.05 Å². The number of rotatable bonds is 2. The minimum absolute atomic E-state index is 0.668. The summed E-state index contributed by atoms with van der Waals surface area (Å²) in [6.45, 7) is 0. The Morgan fingerprint density at radius 2 is 2.05 bits per heavy atom. The van der Waals surface area contributed by atoms with E-state index >= 15 is 0 Å². The maximum atomic E-state index is 5.68. The molecule has 2 heterocycles. The average molecular weight is 253 g/mol. The van der Waals surface area contributed by atoms with E-state index in [9.17, 15) is 0 Å². The molecular weight excluding hydrogens is 238 g/mol. The molecule has 3 aromatic rings. The highest BCUT2D eigenvalue weighted by Crippen LogP contribution is 2.34.